The fourth-order valence-corrected chi connectivity index (χ4v) is 1.35. The average Bonchev–Trinajstić information content (AvgIpc) is 2.28. The molecule has 0 bridgehead atoms. The Kier molecular flexibility index (Phi) is 2.32. The van der Waals surface area contributed by atoms with Crippen molar-refractivity contribution in [2.24, 2.45) is 0 Å². The first-order chi connectivity index (χ1) is 7.63. The number of nitrogens with zero attached hydrogens (tertiary/aromatic N) is 1. The number of rotatable bonds is 2. The van der Waals surface area contributed by atoms with Crippen LogP contribution in [0.25, 0.3) is 11.0 Å². The molecule has 0 saturated carbocycles. The molecule has 0 aliphatic carbocycles. The van der Waals surface area contributed by atoms with Gasteiger partial charge in [0.25, 0.3) is 5.43 Å². The van der Waals surface area contributed by atoms with Crippen LogP contribution in [0.1, 0.15) is 0 Å². The number of ether oxygens (including phenoxy) is 1. The Hall–Kier alpha value is -2.37. The van der Waals surface area contributed by atoms with E-state index in [1.165, 1.54) is 19.2 Å². The minimum Gasteiger partial charge on any atom is -0.497 e. The van der Waals surface area contributed by atoms with E-state index in [2.05, 4.69) is 0 Å². The molecule has 82 valence electrons. The summed E-state index contributed by atoms with van der Waals surface area (Å²) in [7, 11) is 1.44. The Morgan fingerprint density at radius 3 is 2.81 bits per heavy atom. The van der Waals surface area contributed by atoms with E-state index in [1.54, 1.807) is 6.07 Å². The van der Waals surface area contributed by atoms with E-state index in [4.69, 9.17) is 9.15 Å². The molecule has 0 saturated heterocycles. The zero-order chi connectivity index (χ0) is 11.7. The second kappa shape index (κ2) is 3.65. The molecular formula is C10H7NO5. The SMILES string of the molecule is COc1ccc2occ([N+](=O)[O-])c(=O)c2c1. The third-order valence-corrected chi connectivity index (χ3v) is 2.16. The van der Waals surface area contributed by atoms with Crippen LogP contribution in [-0.4, -0.2) is 12.0 Å². The monoisotopic (exact) mass is 221 g/mol. The van der Waals surface area contributed by atoms with Crippen LogP contribution in [0, 0.1) is 10.1 Å². The molecule has 2 aromatic rings. The molecule has 0 N–H and O–H groups in total. The molecule has 0 atom stereocenters. The quantitative estimate of drug-likeness (QED) is 0.569. The molecule has 2 rings (SSSR count). The average molecular weight is 221 g/mol. The van der Waals surface area contributed by atoms with Gasteiger partial charge in [0.1, 0.15) is 11.3 Å². The lowest BCUT2D eigenvalue weighted by atomic mass is 10.2. The topological polar surface area (TPSA) is 82.6 Å². The molecule has 6 nitrogen and oxygen atoms in total. The van der Waals surface area contributed by atoms with Gasteiger partial charge < -0.3 is 9.15 Å². The number of hydrogen-bond donors (Lipinski definition) is 0. The highest BCUT2D eigenvalue weighted by atomic mass is 16.6. The van der Waals surface area contributed by atoms with Crippen molar-refractivity contribution in [2.45, 2.75) is 0 Å². The smallest absolute Gasteiger partial charge is 0.351 e. The van der Waals surface area contributed by atoms with Gasteiger partial charge in [-0.15, -0.1) is 0 Å². The van der Waals surface area contributed by atoms with Crippen LogP contribution in [0.4, 0.5) is 5.69 Å². The predicted octanol–water partition coefficient (Wildman–Crippen LogP) is 1.71. The van der Waals surface area contributed by atoms with Crippen LogP contribution in [0.3, 0.4) is 0 Å². The standard InChI is InChI=1S/C10H7NO5/c1-15-6-2-3-9-7(4-6)10(12)8(5-16-9)11(13)14/h2-5H,1H3. The zero-order valence-corrected chi connectivity index (χ0v) is 8.30. The molecule has 0 aliphatic heterocycles. The third kappa shape index (κ3) is 1.50. The van der Waals surface area contributed by atoms with Crippen LogP contribution < -0.4 is 10.2 Å². The Bertz CT molecular complexity index is 616. The van der Waals surface area contributed by atoms with Gasteiger partial charge in [-0.3, -0.25) is 14.9 Å². The minimum absolute atomic E-state index is 0.133. The fraction of sp³-hybridized carbons (Fsp3) is 0.100. The molecule has 0 aliphatic rings. The van der Waals surface area contributed by atoms with E-state index >= 15 is 0 Å². The Morgan fingerprint density at radius 1 is 1.44 bits per heavy atom. The maximum absolute atomic E-state index is 11.7. The molecule has 0 spiro atoms. The zero-order valence-electron chi connectivity index (χ0n) is 8.30. The van der Waals surface area contributed by atoms with Gasteiger partial charge >= 0.3 is 5.69 Å². The van der Waals surface area contributed by atoms with Crippen molar-refractivity contribution in [2.75, 3.05) is 7.11 Å². The third-order valence-electron chi connectivity index (χ3n) is 2.16. The summed E-state index contributed by atoms with van der Waals surface area (Å²) < 4.78 is 9.91. The number of fused-ring (bicyclic) bond motifs is 1. The van der Waals surface area contributed by atoms with E-state index in [0.717, 1.165) is 6.26 Å². The molecular weight excluding hydrogens is 214 g/mol. The summed E-state index contributed by atoms with van der Waals surface area (Å²) in [5, 5.41) is 10.7. The molecule has 1 heterocycles. The van der Waals surface area contributed by atoms with Crippen molar-refractivity contribution in [3.05, 3.63) is 44.8 Å². The van der Waals surface area contributed by atoms with Crippen molar-refractivity contribution in [1.82, 2.24) is 0 Å². The number of benzene rings is 1. The van der Waals surface area contributed by atoms with Gasteiger partial charge in [-0.25, -0.2) is 0 Å². The maximum Gasteiger partial charge on any atom is 0.351 e. The summed E-state index contributed by atoms with van der Waals surface area (Å²) in [6.45, 7) is 0. The van der Waals surface area contributed by atoms with Crippen LogP contribution in [0.5, 0.6) is 5.75 Å². The van der Waals surface area contributed by atoms with Gasteiger partial charge in [-0.2, -0.15) is 0 Å². The van der Waals surface area contributed by atoms with E-state index in [9.17, 15) is 14.9 Å². The summed E-state index contributed by atoms with van der Waals surface area (Å²) in [5.41, 5.74) is -0.970. The second-order valence-electron chi connectivity index (χ2n) is 3.07. The summed E-state index contributed by atoms with van der Waals surface area (Å²) in [4.78, 5) is 21.4. The number of nitro groups is 1. The second-order valence-corrected chi connectivity index (χ2v) is 3.07. The Balaban J connectivity index is 2.81. The Morgan fingerprint density at radius 2 is 2.19 bits per heavy atom. The maximum atomic E-state index is 11.7. The van der Waals surface area contributed by atoms with Gasteiger partial charge in [-0.1, -0.05) is 0 Å². The van der Waals surface area contributed by atoms with E-state index in [1.807, 2.05) is 0 Å². The number of methoxy groups -OCH3 is 1. The summed E-state index contributed by atoms with van der Waals surface area (Å²) in [5.74, 6) is 0.445. The molecule has 0 radical (unpaired) electrons. The van der Waals surface area contributed by atoms with Gasteiger partial charge in [0, 0.05) is 0 Å². The lowest BCUT2D eigenvalue weighted by Crippen LogP contribution is -2.07. The highest BCUT2D eigenvalue weighted by Crippen LogP contribution is 2.20. The van der Waals surface area contributed by atoms with Crippen molar-refractivity contribution >= 4 is 16.7 Å². The number of hydrogen-bond acceptors (Lipinski definition) is 5. The summed E-state index contributed by atoms with van der Waals surface area (Å²) >= 11 is 0. The summed E-state index contributed by atoms with van der Waals surface area (Å²) in [6, 6.07) is 4.55. The first-order valence-electron chi connectivity index (χ1n) is 4.37. The first-order valence-corrected chi connectivity index (χ1v) is 4.37. The van der Waals surface area contributed by atoms with Crippen LogP contribution in [0.15, 0.2) is 33.7 Å². The van der Waals surface area contributed by atoms with Gasteiger partial charge in [0.05, 0.1) is 17.4 Å². The normalized spacial score (nSPS) is 10.3. The fourth-order valence-electron chi connectivity index (χ4n) is 1.35. The lowest BCUT2D eigenvalue weighted by Gasteiger charge is -2.00. The predicted molar refractivity (Wildman–Crippen MR) is 55.7 cm³/mol. The largest absolute Gasteiger partial charge is 0.497 e. The van der Waals surface area contributed by atoms with Crippen molar-refractivity contribution in [1.29, 1.82) is 0 Å². The molecule has 16 heavy (non-hydrogen) atoms. The Labute approximate surface area is 89.2 Å². The molecule has 0 amide bonds. The van der Waals surface area contributed by atoms with Gasteiger partial charge in [-0.05, 0) is 18.2 Å². The minimum atomic E-state index is -0.773. The van der Waals surface area contributed by atoms with Crippen LogP contribution in [0.2, 0.25) is 0 Å². The first kappa shape index (κ1) is 10.2. The highest BCUT2D eigenvalue weighted by Gasteiger charge is 2.16. The van der Waals surface area contributed by atoms with E-state index in [-0.39, 0.29) is 11.0 Å². The van der Waals surface area contributed by atoms with Crippen molar-refractivity contribution < 1.29 is 14.1 Å². The van der Waals surface area contributed by atoms with E-state index < -0.39 is 16.0 Å². The van der Waals surface area contributed by atoms with Crippen LogP contribution >= 0.6 is 0 Å². The van der Waals surface area contributed by atoms with Crippen molar-refractivity contribution in [3.8, 4) is 5.75 Å². The molecule has 0 fully saturated rings. The van der Waals surface area contributed by atoms with E-state index in [0.29, 0.717) is 5.75 Å². The van der Waals surface area contributed by atoms with Gasteiger partial charge in [0.2, 0.25) is 0 Å². The lowest BCUT2D eigenvalue weighted by molar-refractivity contribution is -0.386. The molecule has 6 heteroatoms. The summed E-state index contributed by atoms with van der Waals surface area (Å²) in [6.07, 6.45) is 0.844. The van der Waals surface area contributed by atoms with Crippen LogP contribution in [-0.2, 0) is 0 Å². The highest BCUT2D eigenvalue weighted by molar-refractivity contribution is 5.79. The van der Waals surface area contributed by atoms with Crippen molar-refractivity contribution in [3.63, 3.8) is 0 Å². The van der Waals surface area contributed by atoms with Gasteiger partial charge in [0.15, 0.2) is 6.26 Å². The molecule has 1 aromatic heterocycles. The molecule has 1 aromatic carbocycles. The molecule has 0 unspecified atom stereocenters.